The summed E-state index contributed by atoms with van der Waals surface area (Å²) < 4.78 is 11.8. The molecule has 1 aromatic heterocycles. The molecule has 1 N–H and O–H groups in total. The third-order valence-electron chi connectivity index (χ3n) is 7.56. The fourth-order valence-electron chi connectivity index (χ4n) is 5.02. The van der Waals surface area contributed by atoms with Crippen molar-refractivity contribution in [1.29, 1.82) is 5.26 Å². The van der Waals surface area contributed by atoms with Gasteiger partial charge in [0.2, 0.25) is 11.8 Å². The molecule has 0 radical (unpaired) electrons. The molecule has 0 unspecified atom stereocenters. The smallest absolute Gasteiger partial charge is 0.246 e. The molecule has 0 bridgehead atoms. The first-order chi connectivity index (χ1) is 22.4. The number of aryl methyl sites for hydroxylation is 1. The molecule has 1 aliphatic heterocycles. The molecular weight excluding hydrogens is 635 g/mol. The Labute approximate surface area is 286 Å². The van der Waals surface area contributed by atoms with Crippen molar-refractivity contribution in [2.75, 3.05) is 32.8 Å². The quantitative estimate of drug-likeness (QED) is 0.170. The molecule has 47 heavy (non-hydrogen) atoms. The van der Waals surface area contributed by atoms with Crippen LogP contribution in [-0.4, -0.2) is 58.6 Å². The van der Waals surface area contributed by atoms with Crippen molar-refractivity contribution in [2.45, 2.75) is 20.1 Å². The van der Waals surface area contributed by atoms with Crippen LogP contribution in [0.3, 0.4) is 0 Å². The number of nitrogens with zero attached hydrogens (tertiary/aromatic N) is 4. The van der Waals surface area contributed by atoms with Gasteiger partial charge in [0.15, 0.2) is 5.75 Å². The van der Waals surface area contributed by atoms with Gasteiger partial charge in [-0.15, -0.1) is 12.4 Å². The summed E-state index contributed by atoms with van der Waals surface area (Å²) >= 11 is 6.59. The lowest BCUT2D eigenvalue weighted by molar-refractivity contribution is -0.127. The van der Waals surface area contributed by atoms with E-state index >= 15 is 0 Å². The van der Waals surface area contributed by atoms with Crippen molar-refractivity contribution >= 4 is 42.1 Å². The molecule has 0 aliphatic carbocycles. The van der Waals surface area contributed by atoms with Crippen LogP contribution in [0.5, 0.6) is 17.4 Å². The Bertz CT molecular complexity index is 1700. The highest BCUT2D eigenvalue weighted by Crippen LogP contribution is 2.34. The maximum Gasteiger partial charge on any atom is 0.246 e. The minimum Gasteiger partial charge on any atom is -0.487 e. The van der Waals surface area contributed by atoms with E-state index in [4.69, 9.17) is 31.4 Å². The Kier molecular flexibility index (Phi) is 13.0. The minimum absolute atomic E-state index is 0. The largest absolute Gasteiger partial charge is 0.487 e. The van der Waals surface area contributed by atoms with Crippen LogP contribution in [0.15, 0.2) is 91.1 Å². The number of rotatable bonds is 11. The Morgan fingerprint density at radius 2 is 1.70 bits per heavy atom. The number of ether oxygens (including phenoxy) is 2. The van der Waals surface area contributed by atoms with Gasteiger partial charge in [0.1, 0.15) is 12.4 Å². The van der Waals surface area contributed by atoms with Gasteiger partial charge in [0.25, 0.3) is 0 Å². The summed E-state index contributed by atoms with van der Waals surface area (Å²) in [4.78, 5) is 21.5. The molecule has 242 valence electrons. The van der Waals surface area contributed by atoms with Crippen molar-refractivity contribution in [3.63, 3.8) is 0 Å². The predicted octanol–water partition coefficient (Wildman–Crippen LogP) is 7.07. The first kappa shape index (κ1) is 35.2. The number of benzene rings is 3. The van der Waals surface area contributed by atoms with Crippen LogP contribution in [0.2, 0.25) is 5.02 Å². The first-order valence-electron chi connectivity index (χ1n) is 15.0. The van der Waals surface area contributed by atoms with Crippen LogP contribution in [0, 0.1) is 18.3 Å². The van der Waals surface area contributed by atoms with Gasteiger partial charge in [-0.2, -0.15) is 5.26 Å². The van der Waals surface area contributed by atoms with Crippen molar-refractivity contribution in [3.8, 4) is 23.4 Å². The molecule has 4 aromatic rings. The van der Waals surface area contributed by atoms with E-state index in [0.29, 0.717) is 47.7 Å². The van der Waals surface area contributed by atoms with E-state index in [1.54, 1.807) is 54.8 Å². The van der Waals surface area contributed by atoms with Crippen LogP contribution >= 0.6 is 24.0 Å². The van der Waals surface area contributed by atoms with E-state index in [1.165, 1.54) is 5.56 Å². The van der Waals surface area contributed by atoms with Crippen LogP contribution in [0.1, 0.15) is 33.4 Å². The van der Waals surface area contributed by atoms with E-state index in [-0.39, 0.29) is 24.9 Å². The number of carbonyl (C=O) groups excluding carboxylic acids is 1. The van der Waals surface area contributed by atoms with Crippen molar-refractivity contribution in [3.05, 3.63) is 130 Å². The number of piperazine rings is 1. The minimum atomic E-state index is -0.0283. The van der Waals surface area contributed by atoms with Gasteiger partial charge in [-0.1, -0.05) is 60.2 Å². The van der Waals surface area contributed by atoms with Crippen molar-refractivity contribution in [2.24, 2.45) is 0 Å². The normalized spacial score (nSPS) is 13.4. The fraction of sp³-hybridized carbons (Fsp3) is 0.216. The lowest BCUT2D eigenvalue weighted by Gasteiger charge is -2.34. The van der Waals surface area contributed by atoms with Crippen LogP contribution in [0.25, 0.3) is 12.2 Å². The average Bonchev–Trinajstić information content (AvgIpc) is 3.08. The number of aromatic nitrogens is 1. The van der Waals surface area contributed by atoms with E-state index in [0.717, 1.165) is 41.9 Å². The second-order valence-corrected chi connectivity index (χ2v) is 11.3. The number of hydrogen-bond acceptors (Lipinski definition) is 7. The zero-order valence-electron chi connectivity index (χ0n) is 26.0. The monoisotopic (exact) mass is 670 g/mol. The van der Waals surface area contributed by atoms with Crippen molar-refractivity contribution in [1.82, 2.24) is 14.8 Å². The molecule has 5 rings (SSSR count). The Morgan fingerprint density at radius 1 is 0.979 bits per heavy atom. The number of carbonyl (C=O) groups is 1. The van der Waals surface area contributed by atoms with Crippen LogP contribution < -0.4 is 9.47 Å². The molecule has 1 saturated heterocycles. The van der Waals surface area contributed by atoms with Gasteiger partial charge in [-0.05, 0) is 71.1 Å². The SMILES string of the molecule is Cc1cc(/C=C/C(=O)N2CCN(Cc3ccc(/C=C/CO)cc3)CC2)cc(Cl)c1Oc1ccc(OCc2ccc(C#N)cc2)cn1.Cl. The standard InChI is InChI=1S/C37H35ClN4O4.ClH/c1-27-21-32(12-15-36(44)42-18-16-41(17-19-42)25-30-8-4-28(5-9-30)3-2-20-43)22-34(38)37(27)46-35-14-13-33(24-40-35)45-26-31-10-6-29(23-39)7-11-31;/h2-15,21-22,24,43H,16-20,25-26H2,1H3;1H/b3-2+,15-12+;. The fourth-order valence-corrected chi connectivity index (χ4v) is 5.34. The molecular formula is C37H36Cl2N4O4. The maximum atomic E-state index is 12.9. The molecule has 0 saturated carbocycles. The summed E-state index contributed by atoms with van der Waals surface area (Å²) in [5.41, 5.74) is 5.45. The molecule has 10 heteroatoms. The summed E-state index contributed by atoms with van der Waals surface area (Å²) in [5.74, 6) is 1.43. The van der Waals surface area contributed by atoms with Crippen LogP contribution in [0.4, 0.5) is 0 Å². The number of amides is 1. The predicted molar refractivity (Wildman–Crippen MR) is 187 cm³/mol. The van der Waals surface area contributed by atoms with Gasteiger partial charge < -0.3 is 19.5 Å². The van der Waals surface area contributed by atoms with E-state index < -0.39 is 0 Å². The molecule has 2 heterocycles. The Morgan fingerprint density at radius 3 is 2.34 bits per heavy atom. The number of pyridine rings is 1. The summed E-state index contributed by atoms with van der Waals surface area (Å²) in [7, 11) is 0. The lowest BCUT2D eigenvalue weighted by atomic mass is 10.1. The van der Waals surface area contributed by atoms with Gasteiger partial charge in [0.05, 0.1) is 29.5 Å². The maximum absolute atomic E-state index is 12.9. The second-order valence-electron chi connectivity index (χ2n) is 10.9. The zero-order valence-corrected chi connectivity index (χ0v) is 27.6. The van der Waals surface area contributed by atoms with Crippen molar-refractivity contribution < 1.29 is 19.4 Å². The summed E-state index contributed by atoms with van der Waals surface area (Å²) in [6.07, 6.45) is 8.58. The molecule has 3 aromatic carbocycles. The number of aliphatic hydroxyl groups excluding tert-OH is 1. The number of halogens is 2. The average molecular weight is 672 g/mol. The Balaban J connectivity index is 0.00000500. The number of aliphatic hydroxyl groups is 1. The highest BCUT2D eigenvalue weighted by atomic mass is 35.5. The summed E-state index contributed by atoms with van der Waals surface area (Å²) in [6, 6.07) is 24.8. The second kappa shape index (κ2) is 17.3. The lowest BCUT2D eigenvalue weighted by Crippen LogP contribution is -2.47. The number of hydrogen-bond donors (Lipinski definition) is 1. The van der Waals surface area contributed by atoms with Gasteiger partial charge in [-0.3, -0.25) is 9.69 Å². The molecule has 0 spiro atoms. The van der Waals surface area contributed by atoms with E-state index in [2.05, 4.69) is 28.1 Å². The van der Waals surface area contributed by atoms with E-state index in [9.17, 15) is 4.79 Å². The molecule has 0 atom stereocenters. The first-order valence-corrected chi connectivity index (χ1v) is 15.4. The third kappa shape index (κ3) is 10.2. The third-order valence-corrected chi connectivity index (χ3v) is 7.84. The topological polar surface area (TPSA) is 98.9 Å². The Hall–Kier alpha value is -4.65. The molecule has 8 nitrogen and oxygen atoms in total. The van der Waals surface area contributed by atoms with Gasteiger partial charge in [-0.25, -0.2) is 4.98 Å². The highest BCUT2D eigenvalue weighted by molar-refractivity contribution is 6.32. The molecule has 1 amide bonds. The molecule has 1 aliphatic rings. The van der Waals surface area contributed by atoms with Gasteiger partial charge >= 0.3 is 0 Å². The van der Waals surface area contributed by atoms with E-state index in [1.807, 2.05) is 48.2 Å². The summed E-state index contributed by atoms with van der Waals surface area (Å²) in [5, 5.41) is 18.3. The summed E-state index contributed by atoms with van der Waals surface area (Å²) in [6.45, 7) is 6.06. The van der Waals surface area contributed by atoms with Gasteiger partial charge in [0, 0.05) is 44.9 Å². The zero-order chi connectivity index (χ0) is 32.3. The number of nitriles is 1. The highest BCUT2D eigenvalue weighted by Gasteiger charge is 2.20. The molecule has 1 fully saturated rings. The van der Waals surface area contributed by atoms with Crippen LogP contribution in [-0.2, 0) is 17.9 Å².